The summed E-state index contributed by atoms with van der Waals surface area (Å²) in [6.45, 7) is 2.98. The highest BCUT2D eigenvalue weighted by atomic mass is 32.2. The molecule has 2 aromatic carbocycles. The molecule has 0 atom stereocenters. The van der Waals surface area contributed by atoms with Gasteiger partial charge in [-0.05, 0) is 61.9 Å². The molecule has 0 aliphatic carbocycles. The third kappa shape index (κ3) is 5.52. The summed E-state index contributed by atoms with van der Waals surface area (Å²) >= 11 is 0. The molecule has 0 fully saturated rings. The Kier molecular flexibility index (Phi) is 6.49. The van der Waals surface area contributed by atoms with Crippen molar-refractivity contribution in [3.05, 3.63) is 71.6 Å². The molecule has 0 aliphatic heterocycles. The number of hydrogen-bond acceptors (Lipinski definition) is 4. The Labute approximate surface area is 176 Å². The van der Waals surface area contributed by atoms with Gasteiger partial charge >= 0.3 is 0 Å². The second kappa shape index (κ2) is 8.93. The zero-order valence-electron chi connectivity index (χ0n) is 16.5. The number of benzene rings is 2. The number of aromatic nitrogens is 1. The topological polar surface area (TPSA) is 68.3 Å². The van der Waals surface area contributed by atoms with E-state index < -0.39 is 33.8 Å². The Bertz CT molecular complexity index is 1220. The van der Waals surface area contributed by atoms with Crippen molar-refractivity contribution in [3.8, 4) is 22.6 Å². The molecular weight excluding hydrogens is 436 g/mol. The maximum Gasteiger partial charge on any atom is 0.280 e. The summed E-state index contributed by atoms with van der Waals surface area (Å²) < 4.78 is 85.6. The van der Waals surface area contributed by atoms with Gasteiger partial charge in [-0.25, -0.2) is 26.0 Å². The summed E-state index contributed by atoms with van der Waals surface area (Å²) in [5.74, 6) is -2.16. The molecule has 3 aromatic rings. The summed E-state index contributed by atoms with van der Waals surface area (Å²) in [4.78, 5) is 3.79. The number of hydrogen-bond donors (Lipinski definition) is 1. The Balaban J connectivity index is 2.14. The molecule has 10 heteroatoms. The van der Waals surface area contributed by atoms with E-state index in [-0.39, 0.29) is 34.1 Å². The molecule has 0 saturated heterocycles. The highest BCUT2D eigenvalue weighted by Gasteiger charge is 2.17. The smallest absolute Gasteiger partial charge is 0.280 e. The van der Waals surface area contributed by atoms with Gasteiger partial charge in [0.05, 0.1) is 5.75 Å². The minimum absolute atomic E-state index is 0.0516. The number of nitrogens with one attached hydrogen (secondary N) is 1. The van der Waals surface area contributed by atoms with Gasteiger partial charge in [-0.1, -0.05) is 0 Å². The van der Waals surface area contributed by atoms with E-state index in [1.807, 2.05) is 0 Å². The molecule has 0 radical (unpaired) electrons. The molecule has 164 valence electrons. The number of pyridine rings is 1. The minimum Gasteiger partial charge on any atom is -0.454 e. The molecule has 1 aromatic heterocycles. The summed E-state index contributed by atoms with van der Waals surface area (Å²) in [5.41, 5.74) is 0.460. The number of anilines is 1. The monoisotopic (exact) mass is 454 g/mol. The van der Waals surface area contributed by atoms with E-state index in [0.717, 1.165) is 18.2 Å². The largest absolute Gasteiger partial charge is 0.454 e. The summed E-state index contributed by atoms with van der Waals surface area (Å²) in [5, 5.41) is 0. The van der Waals surface area contributed by atoms with E-state index in [0.29, 0.717) is 11.8 Å². The summed E-state index contributed by atoms with van der Waals surface area (Å²) in [6, 6.07) is 9.52. The number of aryl methyl sites for hydroxylation is 1. The maximum atomic E-state index is 14.1. The maximum absolute atomic E-state index is 14.1. The van der Waals surface area contributed by atoms with Gasteiger partial charge in [0.2, 0.25) is 10.0 Å². The molecule has 0 unspecified atom stereocenters. The first kappa shape index (κ1) is 22.5. The van der Waals surface area contributed by atoms with Crippen LogP contribution in [0.15, 0.2) is 48.5 Å². The molecule has 31 heavy (non-hydrogen) atoms. The van der Waals surface area contributed by atoms with Crippen LogP contribution in [0, 0.1) is 18.6 Å². The molecule has 0 bridgehead atoms. The molecule has 0 amide bonds. The molecule has 5 nitrogen and oxygen atoms in total. The van der Waals surface area contributed by atoms with E-state index in [1.165, 1.54) is 38.1 Å². The van der Waals surface area contributed by atoms with E-state index >= 15 is 0 Å². The molecule has 0 aliphatic rings. The molecule has 3 rings (SSSR count). The number of rotatable bonds is 7. The average molecular weight is 454 g/mol. The van der Waals surface area contributed by atoms with Crippen LogP contribution < -0.4 is 9.46 Å². The van der Waals surface area contributed by atoms with Gasteiger partial charge in [-0.2, -0.15) is 0 Å². The predicted octanol–water partition coefficient (Wildman–Crippen LogP) is 5.83. The van der Waals surface area contributed by atoms with Crippen molar-refractivity contribution in [1.82, 2.24) is 4.98 Å². The molecule has 0 spiro atoms. The first-order chi connectivity index (χ1) is 14.6. The lowest BCUT2D eigenvalue weighted by Gasteiger charge is -2.16. The minimum atomic E-state index is -3.61. The molecule has 0 saturated carbocycles. The van der Waals surface area contributed by atoms with Crippen LogP contribution in [0.5, 0.6) is 11.5 Å². The van der Waals surface area contributed by atoms with Crippen molar-refractivity contribution in [2.24, 2.45) is 0 Å². The van der Waals surface area contributed by atoms with Crippen molar-refractivity contribution in [3.63, 3.8) is 0 Å². The van der Waals surface area contributed by atoms with Gasteiger partial charge in [0.25, 0.3) is 6.43 Å². The fraction of sp³-hybridized carbons (Fsp3) is 0.190. The van der Waals surface area contributed by atoms with E-state index in [4.69, 9.17) is 4.74 Å². The van der Waals surface area contributed by atoms with Crippen molar-refractivity contribution < 1.29 is 30.7 Å². The second-order valence-electron chi connectivity index (χ2n) is 6.62. The Morgan fingerprint density at radius 3 is 2.39 bits per heavy atom. The third-order valence-corrected chi connectivity index (χ3v) is 5.56. The van der Waals surface area contributed by atoms with E-state index in [2.05, 4.69) is 9.71 Å². The van der Waals surface area contributed by atoms with Gasteiger partial charge in [0.15, 0.2) is 11.6 Å². The average Bonchev–Trinajstić information content (AvgIpc) is 2.70. The highest BCUT2D eigenvalue weighted by Crippen LogP contribution is 2.38. The zero-order chi connectivity index (χ0) is 22.8. The van der Waals surface area contributed by atoms with Gasteiger partial charge in [-0.15, -0.1) is 0 Å². The molecular formula is C21H18F4N2O3S. The van der Waals surface area contributed by atoms with Crippen LogP contribution in [0.25, 0.3) is 11.1 Å². The lowest BCUT2D eigenvalue weighted by Crippen LogP contribution is -2.14. The van der Waals surface area contributed by atoms with E-state index in [9.17, 15) is 26.0 Å². The second-order valence-corrected chi connectivity index (χ2v) is 8.63. The number of nitrogens with zero attached hydrogens (tertiary/aromatic N) is 1. The summed E-state index contributed by atoms with van der Waals surface area (Å²) in [6.07, 6.45) is -2.83. The summed E-state index contributed by atoms with van der Waals surface area (Å²) in [7, 11) is -3.61. The Morgan fingerprint density at radius 2 is 1.74 bits per heavy atom. The third-order valence-electron chi connectivity index (χ3n) is 4.25. The van der Waals surface area contributed by atoms with Gasteiger partial charge < -0.3 is 4.74 Å². The zero-order valence-corrected chi connectivity index (χ0v) is 17.3. The number of sulfonamides is 1. The van der Waals surface area contributed by atoms with Crippen molar-refractivity contribution in [2.45, 2.75) is 20.3 Å². The Hall–Kier alpha value is -3.14. The predicted molar refractivity (Wildman–Crippen MR) is 109 cm³/mol. The van der Waals surface area contributed by atoms with Gasteiger partial charge in [0.1, 0.15) is 17.3 Å². The van der Waals surface area contributed by atoms with Crippen LogP contribution in [0.2, 0.25) is 0 Å². The molecule has 1 heterocycles. The first-order valence-electron chi connectivity index (χ1n) is 9.12. The van der Waals surface area contributed by atoms with Crippen molar-refractivity contribution in [2.75, 3.05) is 10.5 Å². The SMILES string of the molecule is CCS(=O)(=O)Nc1ccc(Oc2ccc(F)cc2F)c(-c2cc(C)nc(C(F)F)c2)c1. The van der Waals surface area contributed by atoms with Gasteiger partial charge in [0, 0.05) is 23.0 Å². The van der Waals surface area contributed by atoms with Crippen LogP contribution in [0.3, 0.4) is 0 Å². The van der Waals surface area contributed by atoms with Crippen molar-refractivity contribution >= 4 is 15.7 Å². The fourth-order valence-corrected chi connectivity index (χ4v) is 3.43. The number of halogens is 4. The number of ether oxygens (including phenoxy) is 1. The Morgan fingerprint density at radius 1 is 1.03 bits per heavy atom. The van der Waals surface area contributed by atoms with E-state index in [1.54, 1.807) is 0 Å². The van der Waals surface area contributed by atoms with Gasteiger partial charge in [-0.3, -0.25) is 9.71 Å². The fourth-order valence-electron chi connectivity index (χ4n) is 2.80. The standard InChI is InChI=1S/C21H18F4N2O3S/c1-3-31(28,29)27-15-5-7-19(30-20-6-4-14(22)10-17(20)23)16(11-15)13-8-12(2)26-18(9-13)21(24)25/h4-11,21,27H,3H2,1-2H3. The lowest BCUT2D eigenvalue weighted by atomic mass is 10.0. The quantitative estimate of drug-likeness (QED) is 0.457. The lowest BCUT2D eigenvalue weighted by molar-refractivity contribution is 0.146. The van der Waals surface area contributed by atoms with Crippen LogP contribution in [0.4, 0.5) is 23.2 Å². The van der Waals surface area contributed by atoms with Crippen molar-refractivity contribution in [1.29, 1.82) is 0 Å². The highest BCUT2D eigenvalue weighted by molar-refractivity contribution is 7.92. The number of alkyl halides is 2. The van der Waals surface area contributed by atoms with Crippen LogP contribution in [0.1, 0.15) is 24.7 Å². The van der Waals surface area contributed by atoms with Crippen LogP contribution in [-0.2, 0) is 10.0 Å². The van der Waals surface area contributed by atoms with Crippen LogP contribution in [-0.4, -0.2) is 19.2 Å². The van der Waals surface area contributed by atoms with Crippen LogP contribution >= 0.6 is 0 Å². The normalized spacial score (nSPS) is 11.6. The first-order valence-corrected chi connectivity index (χ1v) is 10.8. The molecule has 1 N–H and O–H groups in total.